The van der Waals surface area contributed by atoms with Crippen LogP contribution in [0.25, 0.3) is 0 Å². The Kier molecular flexibility index (Phi) is 8.88. The van der Waals surface area contributed by atoms with Gasteiger partial charge in [0.25, 0.3) is 0 Å². The van der Waals surface area contributed by atoms with Crippen molar-refractivity contribution in [1.82, 2.24) is 29.5 Å². The number of fused-ring (bicyclic) bond motifs is 2. The molecule has 1 aliphatic carbocycles. The van der Waals surface area contributed by atoms with Crippen LogP contribution in [0.3, 0.4) is 0 Å². The topological polar surface area (TPSA) is 85.6 Å². The second kappa shape index (κ2) is 12.7. The zero-order chi connectivity index (χ0) is 34.0. The molecular formula is C36H45ClF2N6O3. The lowest BCUT2D eigenvalue weighted by Crippen LogP contribution is -2.48. The van der Waals surface area contributed by atoms with Gasteiger partial charge in [-0.1, -0.05) is 17.7 Å². The number of carbonyl (C=O) groups is 1. The van der Waals surface area contributed by atoms with Gasteiger partial charge in [0.1, 0.15) is 29.4 Å². The molecule has 258 valence electrons. The van der Waals surface area contributed by atoms with Crippen LogP contribution in [0.4, 0.5) is 8.78 Å². The van der Waals surface area contributed by atoms with Gasteiger partial charge < -0.3 is 19.3 Å². The van der Waals surface area contributed by atoms with Gasteiger partial charge in [0.05, 0.1) is 27.9 Å². The first-order valence-electron chi connectivity index (χ1n) is 17.1. The molecule has 1 spiro atoms. The van der Waals surface area contributed by atoms with Gasteiger partial charge in [0, 0.05) is 63.0 Å². The van der Waals surface area contributed by atoms with E-state index in [0.717, 1.165) is 54.9 Å². The van der Waals surface area contributed by atoms with E-state index in [1.54, 1.807) is 11.0 Å². The fraction of sp³-hybridized carbons (Fsp3) is 0.611. The van der Waals surface area contributed by atoms with Crippen LogP contribution in [0.5, 0.6) is 0 Å². The summed E-state index contributed by atoms with van der Waals surface area (Å²) in [5.74, 6) is -1.14. The number of amides is 1. The number of piperidine rings is 1. The Morgan fingerprint density at radius 2 is 1.81 bits per heavy atom. The van der Waals surface area contributed by atoms with Crippen LogP contribution in [-0.2, 0) is 32.3 Å². The Labute approximate surface area is 286 Å². The Morgan fingerprint density at radius 3 is 2.48 bits per heavy atom. The fourth-order valence-electron chi connectivity index (χ4n) is 8.87. The second-order valence-corrected chi connectivity index (χ2v) is 15.2. The number of nitrogens with zero attached hydrogens (tertiary/aromatic N) is 6. The van der Waals surface area contributed by atoms with E-state index >= 15 is 4.39 Å². The largest absolute Gasteiger partial charge is 0.381 e. The molecule has 4 aliphatic rings. The molecule has 0 radical (unpaired) electrons. The number of ether oxygens (including phenoxy) is 2. The van der Waals surface area contributed by atoms with Gasteiger partial charge in [-0.2, -0.15) is 5.10 Å². The fourth-order valence-corrected chi connectivity index (χ4v) is 9.03. The summed E-state index contributed by atoms with van der Waals surface area (Å²) in [6.07, 6.45) is 5.45. The first-order chi connectivity index (χ1) is 22.9. The number of likely N-dealkylation sites (tertiary alicyclic amines) is 1. The maximum atomic E-state index is 15.3. The number of aryl methyl sites for hydroxylation is 2. The summed E-state index contributed by atoms with van der Waals surface area (Å²) in [6.45, 7) is 8.50. The summed E-state index contributed by atoms with van der Waals surface area (Å²) >= 11 is 6.63. The third-order valence-electron chi connectivity index (χ3n) is 11.6. The Morgan fingerprint density at radius 1 is 1.08 bits per heavy atom. The molecule has 2 aromatic heterocycles. The van der Waals surface area contributed by atoms with E-state index in [0.29, 0.717) is 55.4 Å². The van der Waals surface area contributed by atoms with Crippen molar-refractivity contribution in [3.05, 3.63) is 75.6 Å². The molecule has 2 unspecified atom stereocenters. The monoisotopic (exact) mass is 682 g/mol. The predicted octanol–water partition coefficient (Wildman–Crippen LogP) is 5.99. The second-order valence-electron chi connectivity index (χ2n) is 14.8. The first kappa shape index (κ1) is 33.5. The summed E-state index contributed by atoms with van der Waals surface area (Å²) in [4.78, 5) is 28.3. The van der Waals surface area contributed by atoms with Crippen molar-refractivity contribution in [2.45, 2.75) is 94.4 Å². The Balaban J connectivity index is 1.14. The number of aromatic nitrogens is 4. The smallest absolute Gasteiger partial charge is 0.226 e. The van der Waals surface area contributed by atoms with E-state index in [9.17, 15) is 9.18 Å². The van der Waals surface area contributed by atoms with Crippen molar-refractivity contribution in [1.29, 1.82) is 0 Å². The van der Waals surface area contributed by atoms with Crippen molar-refractivity contribution in [3.63, 3.8) is 0 Å². The van der Waals surface area contributed by atoms with Crippen LogP contribution in [0.15, 0.2) is 30.6 Å². The summed E-state index contributed by atoms with van der Waals surface area (Å²) < 4.78 is 43.7. The molecule has 0 bridgehead atoms. The predicted molar refractivity (Wildman–Crippen MR) is 177 cm³/mol. The molecule has 3 aliphatic heterocycles. The van der Waals surface area contributed by atoms with E-state index in [1.165, 1.54) is 12.1 Å². The first-order valence-corrected chi connectivity index (χ1v) is 17.5. The van der Waals surface area contributed by atoms with Gasteiger partial charge in [-0.25, -0.2) is 13.8 Å². The average Bonchev–Trinajstić information content (AvgIpc) is 3.79. The van der Waals surface area contributed by atoms with Gasteiger partial charge in [-0.05, 0) is 90.0 Å². The van der Waals surface area contributed by atoms with E-state index in [-0.39, 0.29) is 24.0 Å². The molecule has 1 saturated carbocycles. The van der Waals surface area contributed by atoms with Gasteiger partial charge in [0.15, 0.2) is 0 Å². The van der Waals surface area contributed by atoms with Crippen molar-refractivity contribution in [2.24, 2.45) is 13.0 Å². The lowest BCUT2D eigenvalue weighted by molar-refractivity contribution is -0.152. The highest BCUT2D eigenvalue weighted by atomic mass is 35.5. The molecular weight excluding hydrogens is 638 g/mol. The van der Waals surface area contributed by atoms with Crippen LogP contribution in [0.2, 0.25) is 5.02 Å². The van der Waals surface area contributed by atoms with Crippen molar-refractivity contribution < 1.29 is 23.0 Å². The van der Waals surface area contributed by atoms with Gasteiger partial charge in [-0.15, -0.1) is 0 Å². The molecule has 9 nitrogen and oxygen atoms in total. The van der Waals surface area contributed by atoms with Crippen LogP contribution < -0.4 is 0 Å². The number of carbonyl (C=O) groups excluding carboxylic acids is 1. The zero-order valence-electron chi connectivity index (χ0n) is 28.4. The molecule has 3 aromatic rings. The minimum Gasteiger partial charge on any atom is -0.381 e. The third kappa shape index (κ3) is 5.74. The molecule has 1 aromatic carbocycles. The minimum absolute atomic E-state index is 0.0240. The lowest BCUT2D eigenvalue weighted by Gasteiger charge is -2.41. The highest BCUT2D eigenvalue weighted by Gasteiger charge is 2.55. The van der Waals surface area contributed by atoms with Crippen molar-refractivity contribution >= 4 is 17.5 Å². The molecule has 3 fully saturated rings. The Bertz CT molecular complexity index is 1690. The number of benzene rings is 1. The molecule has 7 rings (SSSR count). The number of rotatable bonds is 6. The Hall–Kier alpha value is -2.99. The van der Waals surface area contributed by atoms with Crippen LogP contribution in [-0.4, -0.2) is 80.9 Å². The van der Waals surface area contributed by atoms with Crippen LogP contribution in [0.1, 0.15) is 92.7 Å². The summed E-state index contributed by atoms with van der Waals surface area (Å²) in [7, 11) is 3.99. The molecule has 4 atom stereocenters. The maximum absolute atomic E-state index is 15.3. The molecule has 1 amide bonds. The van der Waals surface area contributed by atoms with Crippen molar-refractivity contribution in [2.75, 3.05) is 33.4 Å². The highest BCUT2D eigenvalue weighted by Crippen LogP contribution is 2.55. The van der Waals surface area contributed by atoms with Crippen LogP contribution >= 0.6 is 11.6 Å². The van der Waals surface area contributed by atoms with Crippen LogP contribution in [0, 0.1) is 24.5 Å². The summed E-state index contributed by atoms with van der Waals surface area (Å²) in [5, 5.41) is 4.89. The number of halogens is 3. The van der Waals surface area contributed by atoms with Crippen molar-refractivity contribution in [3.8, 4) is 0 Å². The quantitative estimate of drug-likeness (QED) is 0.316. The van der Waals surface area contributed by atoms with E-state index in [2.05, 4.69) is 35.9 Å². The SMILES string of the molecule is Cc1nc2c(cc1Cl)C(C(C)(C)c1ncnn1C)OC21CCN(C(=O)[C@@H]2CC(N(C)C3CCOCC3)C[C@H]2c2ccc(F)cc2F)CC1. The van der Waals surface area contributed by atoms with E-state index < -0.39 is 28.6 Å². The van der Waals surface area contributed by atoms with Gasteiger partial charge in [0.2, 0.25) is 5.91 Å². The molecule has 5 heterocycles. The third-order valence-corrected chi connectivity index (χ3v) is 12.0. The van der Waals surface area contributed by atoms with E-state index in [1.807, 2.05) is 24.9 Å². The molecule has 2 saturated heterocycles. The maximum Gasteiger partial charge on any atom is 0.226 e. The summed E-state index contributed by atoms with van der Waals surface area (Å²) in [5.41, 5.74) is 1.75. The number of hydrogen-bond acceptors (Lipinski definition) is 7. The number of hydrogen-bond donors (Lipinski definition) is 0. The standard InChI is InChI=1S/C36H45ClF2N6O3/c1-21-29(37)19-28-31(42-21)36(48-32(28)35(2,3)34-40-20-41-44(34)5)10-12-45(13-11-36)33(46)27-18-24(43(4)23-8-14-47-15-9-23)17-26(27)25-7-6-22(38)16-30(25)39/h6-7,16,19-20,23-24,26-27,32H,8-15,17-18H2,1-5H3/t24?,26-,27+,32?/m0/s1. The zero-order valence-corrected chi connectivity index (χ0v) is 29.1. The number of pyridine rings is 1. The highest BCUT2D eigenvalue weighted by molar-refractivity contribution is 6.31. The minimum atomic E-state index is -0.689. The van der Waals surface area contributed by atoms with E-state index in [4.69, 9.17) is 26.1 Å². The van der Waals surface area contributed by atoms with Gasteiger partial charge >= 0.3 is 0 Å². The summed E-state index contributed by atoms with van der Waals surface area (Å²) in [6, 6.07) is 6.21. The molecule has 12 heteroatoms. The molecule has 48 heavy (non-hydrogen) atoms. The van der Waals surface area contributed by atoms with Gasteiger partial charge in [-0.3, -0.25) is 14.5 Å². The molecule has 0 N–H and O–H groups in total. The lowest BCUT2D eigenvalue weighted by atomic mass is 9.80. The normalized spacial score (nSPS) is 26.1. The average molecular weight is 683 g/mol.